The predicted molar refractivity (Wildman–Crippen MR) is 215 cm³/mol. The van der Waals surface area contributed by atoms with E-state index in [0.29, 0.717) is 22.3 Å². The molecule has 0 aliphatic heterocycles. The summed E-state index contributed by atoms with van der Waals surface area (Å²) in [7, 11) is -21.3. The number of azo groups is 2. The molecule has 0 unspecified atom stereocenters. The van der Waals surface area contributed by atoms with E-state index in [0.717, 1.165) is 24.3 Å². The van der Waals surface area contributed by atoms with Crippen LogP contribution in [0.4, 0.5) is 34.1 Å². The van der Waals surface area contributed by atoms with E-state index in [1.165, 1.54) is 24.3 Å². The van der Waals surface area contributed by atoms with Gasteiger partial charge in [0.05, 0.1) is 22.7 Å². The number of fused-ring (bicyclic) bond motifs is 2. The minimum atomic E-state index is -5.34. The van der Waals surface area contributed by atoms with Crippen LogP contribution in [-0.2, 0) is 40.5 Å². The van der Waals surface area contributed by atoms with Crippen molar-refractivity contribution in [2.45, 2.75) is 33.4 Å². The normalized spacial score (nSPS) is 12.8. The summed E-state index contributed by atoms with van der Waals surface area (Å²) in [5.74, 6) is -1.30. The van der Waals surface area contributed by atoms with Gasteiger partial charge in [0, 0.05) is 51.1 Å². The molecule has 59 heavy (non-hydrogen) atoms. The van der Waals surface area contributed by atoms with Crippen LogP contribution < -0.4 is 11.5 Å². The largest absolute Gasteiger partial charge is 0.507 e. The zero-order chi connectivity index (χ0) is 42.9. The van der Waals surface area contributed by atoms with Gasteiger partial charge in [-0.3, -0.25) is 18.2 Å². The van der Waals surface area contributed by atoms with Crippen LogP contribution in [-0.4, -0.2) is 91.7 Å². The van der Waals surface area contributed by atoms with Crippen LogP contribution in [0.25, 0.3) is 32.7 Å². The number of phenols is 2. The molecule has 0 atom stereocenters. The van der Waals surface area contributed by atoms with E-state index >= 15 is 0 Å². The third-order valence-corrected chi connectivity index (χ3v) is 12.5. The molecule has 0 aromatic heterocycles. The molecule has 0 heterocycles. The van der Waals surface area contributed by atoms with Crippen molar-refractivity contribution in [3.63, 3.8) is 0 Å². The van der Waals surface area contributed by atoms with Crippen molar-refractivity contribution in [2.24, 2.45) is 20.5 Å². The maximum absolute atomic E-state index is 12.6. The van der Waals surface area contributed by atoms with E-state index < -0.39 is 116 Å². The Kier molecular flexibility index (Phi) is 12.1. The van der Waals surface area contributed by atoms with Crippen LogP contribution in [0.2, 0.25) is 0 Å². The van der Waals surface area contributed by atoms with Gasteiger partial charge in [0.15, 0.2) is 0 Å². The number of rotatable bonds is 9. The second-order valence-electron chi connectivity index (χ2n) is 12.5. The van der Waals surface area contributed by atoms with Gasteiger partial charge >= 0.3 is 0 Å². The number of nitrogen functional groups attached to an aromatic ring is 2. The fraction of sp³-hybridized carbons (Fsp3) is 0.0588. The number of aryl methyl sites for hydroxylation is 2. The van der Waals surface area contributed by atoms with Gasteiger partial charge in [-0.15, -0.1) is 10.2 Å². The molecule has 25 heteroatoms. The Bertz CT molecular complexity index is 3090. The molecule has 6 aromatic rings. The molecule has 0 aliphatic carbocycles. The van der Waals surface area contributed by atoms with Gasteiger partial charge in [0.2, 0.25) is 0 Å². The minimum absolute atomic E-state index is 0. The van der Waals surface area contributed by atoms with Crippen LogP contribution in [0.5, 0.6) is 11.5 Å². The van der Waals surface area contributed by atoms with Crippen molar-refractivity contribution in [2.75, 3.05) is 11.5 Å². The number of anilines is 2. The molecular weight excluding hydrogens is 868 g/mol. The van der Waals surface area contributed by atoms with Crippen molar-refractivity contribution < 1.29 is 62.1 Å². The van der Waals surface area contributed by atoms with E-state index in [2.05, 4.69) is 20.5 Å². The summed E-state index contributed by atoms with van der Waals surface area (Å²) in [5, 5.41) is 34.4. The average Bonchev–Trinajstić information content (AvgIpc) is 3.08. The van der Waals surface area contributed by atoms with Gasteiger partial charge in [0.25, 0.3) is 40.5 Å². The number of benzene rings is 6. The Labute approximate surface area is 357 Å². The maximum Gasteiger partial charge on any atom is 0.298 e. The Morgan fingerprint density at radius 1 is 0.475 bits per heavy atom. The molecule has 303 valence electrons. The molecule has 0 bridgehead atoms. The first-order chi connectivity index (χ1) is 26.8. The summed E-state index contributed by atoms with van der Waals surface area (Å²) in [6.07, 6.45) is 0. The Morgan fingerprint density at radius 3 is 1.08 bits per heavy atom. The standard InChI is InChI=1S/C34H28N6O14S4.Na/c1-15-13-17(9-11-21(15)37-39-29-31(55(43,44)45)19-5-3-7-23(41)25(19)27(35)33(29)57(49,50)51)18-10-12-22(16(2)14-18)38-40-30-32(56(46,47)48)20-6-4-8-24(42)26(20)28(36)34(30)58(52,53)54;/h3-14,41-42H,35-36H2,1-2H3,(H,43,44,45)(H,46,47,48)(H,49,50,51)(H,52,53,54);/b39-37+,40-38+;. The van der Waals surface area contributed by atoms with Crippen molar-refractivity contribution >= 4 is 126 Å². The fourth-order valence-electron chi connectivity index (χ4n) is 6.30. The average molecular weight is 896 g/mol. The summed E-state index contributed by atoms with van der Waals surface area (Å²) in [5.41, 5.74) is 10.4. The molecule has 0 spiro atoms. The van der Waals surface area contributed by atoms with Crippen molar-refractivity contribution in [3.05, 3.63) is 83.9 Å². The summed E-state index contributed by atoms with van der Waals surface area (Å²) in [4.78, 5) is -4.66. The van der Waals surface area contributed by atoms with Crippen LogP contribution in [0.15, 0.2) is 113 Å². The van der Waals surface area contributed by atoms with Gasteiger partial charge in [0.1, 0.15) is 42.5 Å². The maximum atomic E-state index is 12.6. The molecule has 0 fully saturated rings. The molecule has 6 aromatic carbocycles. The quantitative estimate of drug-likeness (QED) is 0.0342. The second-order valence-corrected chi connectivity index (χ2v) is 18.0. The van der Waals surface area contributed by atoms with E-state index in [1.807, 2.05) is 0 Å². The molecule has 6 rings (SSSR count). The molecular formula is C34H28N6NaO14S4. The Balaban J connectivity index is 0.00000661. The van der Waals surface area contributed by atoms with Gasteiger partial charge in [-0.05, 0) is 72.5 Å². The zero-order valence-corrected chi connectivity index (χ0v) is 35.7. The van der Waals surface area contributed by atoms with Crippen LogP contribution in [0, 0.1) is 13.8 Å². The number of nitrogens with two attached hydrogens (primary N) is 2. The predicted octanol–water partition coefficient (Wildman–Crippen LogP) is 6.29. The third-order valence-electron chi connectivity index (χ3n) is 8.74. The van der Waals surface area contributed by atoms with Gasteiger partial charge < -0.3 is 21.7 Å². The van der Waals surface area contributed by atoms with Gasteiger partial charge in [-0.1, -0.05) is 36.4 Å². The first-order valence-corrected chi connectivity index (χ1v) is 21.7. The first-order valence-electron chi connectivity index (χ1n) is 15.9. The second kappa shape index (κ2) is 15.8. The number of hydrogen-bond donors (Lipinski definition) is 8. The van der Waals surface area contributed by atoms with Crippen LogP contribution in [0.1, 0.15) is 11.1 Å². The zero-order valence-electron chi connectivity index (χ0n) is 30.5. The summed E-state index contributed by atoms with van der Waals surface area (Å²) < 4.78 is 140. The fourth-order valence-corrected chi connectivity index (χ4v) is 9.63. The number of phenolic OH excluding ortho intramolecular Hbond substituents is 2. The van der Waals surface area contributed by atoms with E-state index in [4.69, 9.17) is 11.5 Å². The molecule has 0 saturated heterocycles. The summed E-state index contributed by atoms with van der Waals surface area (Å²) in [6.45, 7) is 3.14. The Morgan fingerprint density at radius 2 is 0.797 bits per heavy atom. The first kappa shape index (κ1) is 45.0. The van der Waals surface area contributed by atoms with E-state index in [-0.39, 0.29) is 40.9 Å². The number of hydrogen-bond acceptors (Lipinski definition) is 16. The molecule has 0 aliphatic rings. The minimum Gasteiger partial charge on any atom is -0.507 e. The van der Waals surface area contributed by atoms with Crippen LogP contribution in [0.3, 0.4) is 0 Å². The SMILES string of the molecule is Cc1cc(-c2ccc(/N=N/c3c(S(=O)(=O)O)c(N)c4c(O)cccc4c3S(=O)(=O)O)c(C)c2)ccc1/N=N/c1c(S(=O)(=O)O)c(N)c2c(O)cccc2c1S(=O)(=O)O.[Na]. The van der Waals surface area contributed by atoms with Gasteiger partial charge in [-0.2, -0.15) is 43.9 Å². The molecule has 0 saturated carbocycles. The van der Waals surface area contributed by atoms with Crippen molar-refractivity contribution in [1.29, 1.82) is 0 Å². The van der Waals surface area contributed by atoms with Crippen molar-refractivity contribution in [3.8, 4) is 22.6 Å². The van der Waals surface area contributed by atoms with E-state index in [1.54, 1.807) is 38.1 Å². The van der Waals surface area contributed by atoms with Gasteiger partial charge in [-0.25, -0.2) is 0 Å². The number of aromatic hydroxyl groups is 2. The number of nitrogens with zero attached hydrogens (tertiary/aromatic N) is 4. The summed E-state index contributed by atoms with van der Waals surface area (Å²) in [6, 6.07) is 15.9. The smallest absolute Gasteiger partial charge is 0.298 e. The topological polar surface area (TPSA) is 359 Å². The molecule has 1 radical (unpaired) electrons. The molecule has 10 N–H and O–H groups in total. The monoisotopic (exact) mass is 895 g/mol. The Hall–Kier alpha value is -5.12. The van der Waals surface area contributed by atoms with E-state index in [9.17, 15) is 62.1 Å². The van der Waals surface area contributed by atoms with Crippen LogP contribution >= 0.6 is 0 Å². The summed E-state index contributed by atoms with van der Waals surface area (Å²) >= 11 is 0. The molecule has 20 nitrogen and oxygen atoms in total. The third kappa shape index (κ3) is 8.50. The molecule has 0 amide bonds. The van der Waals surface area contributed by atoms with Crippen molar-refractivity contribution in [1.82, 2.24) is 0 Å².